The zero-order chi connectivity index (χ0) is 11.2. The first-order valence-electron chi connectivity index (χ1n) is 5.97. The highest BCUT2D eigenvalue weighted by molar-refractivity contribution is 5.63. The lowest BCUT2D eigenvalue weighted by atomic mass is 10.2. The zero-order valence-electron chi connectivity index (χ0n) is 9.41. The Morgan fingerprint density at radius 1 is 1.35 bits per heavy atom. The maximum atomic E-state index is 5.09. The summed E-state index contributed by atoms with van der Waals surface area (Å²) in [6, 6.07) is 4.06. The standard InChI is InChI=1S/C13H13N3O/c1-2-10(1)8-15-4-5-16-13(15)7-12(14-16)11-3-6-17-9-11/h3-7,9-10H,1-2,8H2. The Hall–Kier alpha value is -1.97. The number of imidazole rings is 1. The summed E-state index contributed by atoms with van der Waals surface area (Å²) in [5.74, 6) is 0.874. The van der Waals surface area contributed by atoms with Crippen molar-refractivity contribution >= 4 is 5.65 Å². The van der Waals surface area contributed by atoms with E-state index in [-0.39, 0.29) is 0 Å². The van der Waals surface area contributed by atoms with Crippen molar-refractivity contribution in [2.75, 3.05) is 0 Å². The molecule has 4 nitrogen and oxygen atoms in total. The fraction of sp³-hybridized carbons (Fsp3) is 0.308. The summed E-state index contributed by atoms with van der Waals surface area (Å²) in [5, 5.41) is 4.54. The molecule has 17 heavy (non-hydrogen) atoms. The van der Waals surface area contributed by atoms with Crippen molar-refractivity contribution < 1.29 is 4.42 Å². The number of aromatic nitrogens is 3. The van der Waals surface area contributed by atoms with Crippen LogP contribution in [-0.2, 0) is 6.54 Å². The molecule has 3 aromatic heterocycles. The summed E-state index contributed by atoms with van der Waals surface area (Å²) in [5.41, 5.74) is 3.17. The van der Waals surface area contributed by atoms with Gasteiger partial charge in [0, 0.05) is 30.6 Å². The third-order valence-electron chi connectivity index (χ3n) is 3.37. The van der Waals surface area contributed by atoms with E-state index >= 15 is 0 Å². The van der Waals surface area contributed by atoms with E-state index in [2.05, 4.69) is 21.9 Å². The molecule has 86 valence electrons. The fourth-order valence-electron chi connectivity index (χ4n) is 2.21. The highest BCUT2D eigenvalue weighted by Crippen LogP contribution is 2.31. The summed E-state index contributed by atoms with van der Waals surface area (Å²) < 4.78 is 9.31. The Morgan fingerprint density at radius 3 is 3.06 bits per heavy atom. The molecule has 0 saturated heterocycles. The SMILES string of the molecule is c1cc(-c2cc3n(CC4CC4)ccn3n2)co1. The van der Waals surface area contributed by atoms with Crippen LogP contribution >= 0.6 is 0 Å². The Kier molecular flexibility index (Phi) is 1.75. The van der Waals surface area contributed by atoms with Gasteiger partial charge in [0.25, 0.3) is 0 Å². The van der Waals surface area contributed by atoms with E-state index in [0.717, 1.165) is 29.4 Å². The van der Waals surface area contributed by atoms with Crippen LogP contribution in [0.1, 0.15) is 12.8 Å². The molecule has 4 heteroatoms. The third kappa shape index (κ3) is 1.48. The van der Waals surface area contributed by atoms with Crippen LogP contribution in [-0.4, -0.2) is 14.2 Å². The van der Waals surface area contributed by atoms with Gasteiger partial charge < -0.3 is 8.98 Å². The molecule has 1 fully saturated rings. The molecule has 0 atom stereocenters. The smallest absolute Gasteiger partial charge is 0.136 e. The van der Waals surface area contributed by atoms with Gasteiger partial charge in [-0.3, -0.25) is 0 Å². The molecule has 1 aliphatic rings. The molecular weight excluding hydrogens is 214 g/mol. The first-order chi connectivity index (χ1) is 8.40. The monoisotopic (exact) mass is 227 g/mol. The maximum Gasteiger partial charge on any atom is 0.136 e. The van der Waals surface area contributed by atoms with Gasteiger partial charge in [0.1, 0.15) is 5.65 Å². The van der Waals surface area contributed by atoms with Crippen LogP contribution in [0.2, 0.25) is 0 Å². The number of furan rings is 1. The van der Waals surface area contributed by atoms with Crippen molar-refractivity contribution in [3.63, 3.8) is 0 Å². The molecule has 0 spiro atoms. The number of fused-ring (bicyclic) bond motifs is 1. The van der Waals surface area contributed by atoms with Crippen LogP contribution in [0.5, 0.6) is 0 Å². The van der Waals surface area contributed by atoms with Gasteiger partial charge in [-0.05, 0) is 24.8 Å². The Bertz CT molecular complexity index is 643. The molecule has 0 unspecified atom stereocenters. The average Bonchev–Trinajstić information content (AvgIpc) is 2.79. The van der Waals surface area contributed by atoms with Crippen LogP contribution < -0.4 is 0 Å². The second kappa shape index (κ2) is 3.26. The van der Waals surface area contributed by atoms with E-state index in [4.69, 9.17) is 4.42 Å². The molecule has 0 bridgehead atoms. The second-order valence-electron chi connectivity index (χ2n) is 4.74. The van der Waals surface area contributed by atoms with Gasteiger partial charge in [-0.25, -0.2) is 4.52 Å². The lowest BCUT2D eigenvalue weighted by molar-refractivity contribution is 0.568. The first kappa shape index (κ1) is 9.10. The number of rotatable bonds is 3. The summed E-state index contributed by atoms with van der Waals surface area (Å²) in [6.45, 7) is 1.12. The van der Waals surface area contributed by atoms with Crippen molar-refractivity contribution in [2.24, 2.45) is 5.92 Å². The number of nitrogens with zero attached hydrogens (tertiary/aromatic N) is 3. The molecule has 0 amide bonds. The minimum absolute atomic E-state index is 0.874. The third-order valence-corrected chi connectivity index (χ3v) is 3.37. The highest BCUT2D eigenvalue weighted by Gasteiger charge is 2.22. The minimum Gasteiger partial charge on any atom is -0.472 e. The Balaban J connectivity index is 1.78. The van der Waals surface area contributed by atoms with Gasteiger partial charge >= 0.3 is 0 Å². The Morgan fingerprint density at radius 2 is 2.29 bits per heavy atom. The van der Waals surface area contributed by atoms with E-state index in [0.29, 0.717) is 0 Å². The van der Waals surface area contributed by atoms with Crippen molar-refractivity contribution in [2.45, 2.75) is 19.4 Å². The molecule has 0 N–H and O–H groups in total. The summed E-state index contributed by atoms with van der Waals surface area (Å²) in [4.78, 5) is 0. The zero-order valence-corrected chi connectivity index (χ0v) is 9.41. The molecule has 3 heterocycles. The minimum atomic E-state index is 0.874. The maximum absolute atomic E-state index is 5.09. The van der Waals surface area contributed by atoms with Crippen molar-refractivity contribution in [3.05, 3.63) is 37.1 Å². The average molecular weight is 227 g/mol. The summed E-state index contributed by atoms with van der Waals surface area (Å²) in [7, 11) is 0. The van der Waals surface area contributed by atoms with Crippen LogP contribution in [0.3, 0.4) is 0 Å². The predicted octanol–water partition coefficient (Wildman–Crippen LogP) is 2.81. The van der Waals surface area contributed by atoms with Gasteiger partial charge in [0.2, 0.25) is 0 Å². The van der Waals surface area contributed by atoms with E-state index in [1.807, 2.05) is 16.8 Å². The lowest BCUT2D eigenvalue weighted by Crippen LogP contribution is -1.97. The normalized spacial score (nSPS) is 15.8. The molecule has 1 aliphatic carbocycles. The molecule has 0 aromatic carbocycles. The fourth-order valence-corrected chi connectivity index (χ4v) is 2.21. The first-order valence-corrected chi connectivity index (χ1v) is 5.97. The van der Waals surface area contributed by atoms with Crippen molar-refractivity contribution in [1.82, 2.24) is 14.2 Å². The Labute approximate surface area is 98.5 Å². The van der Waals surface area contributed by atoms with E-state index in [9.17, 15) is 0 Å². The lowest BCUT2D eigenvalue weighted by Gasteiger charge is -1.99. The molecule has 3 aromatic rings. The molecule has 0 aliphatic heterocycles. The van der Waals surface area contributed by atoms with E-state index in [1.165, 1.54) is 12.8 Å². The quantitative estimate of drug-likeness (QED) is 0.689. The second-order valence-corrected chi connectivity index (χ2v) is 4.74. The number of hydrogen-bond donors (Lipinski definition) is 0. The van der Waals surface area contributed by atoms with E-state index < -0.39 is 0 Å². The summed E-state index contributed by atoms with van der Waals surface area (Å²) in [6.07, 6.45) is 10.3. The van der Waals surface area contributed by atoms with Gasteiger partial charge in [0.05, 0.1) is 18.2 Å². The van der Waals surface area contributed by atoms with Gasteiger partial charge in [-0.1, -0.05) is 0 Å². The molecule has 4 rings (SSSR count). The number of hydrogen-bond acceptors (Lipinski definition) is 2. The molecule has 1 saturated carbocycles. The van der Waals surface area contributed by atoms with Gasteiger partial charge in [-0.15, -0.1) is 0 Å². The van der Waals surface area contributed by atoms with Crippen molar-refractivity contribution in [3.8, 4) is 11.3 Å². The summed E-state index contributed by atoms with van der Waals surface area (Å²) >= 11 is 0. The van der Waals surface area contributed by atoms with Crippen LogP contribution in [0.4, 0.5) is 0 Å². The van der Waals surface area contributed by atoms with Crippen LogP contribution in [0.15, 0.2) is 41.5 Å². The highest BCUT2D eigenvalue weighted by atomic mass is 16.3. The van der Waals surface area contributed by atoms with Crippen LogP contribution in [0.25, 0.3) is 16.9 Å². The topological polar surface area (TPSA) is 35.4 Å². The van der Waals surface area contributed by atoms with Crippen molar-refractivity contribution in [1.29, 1.82) is 0 Å². The van der Waals surface area contributed by atoms with Gasteiger partial charge in [0.15, 0.2) is 0 Å². The molecular formula is C13H13N3O. The largest absolute Gasteiger partial charge is 0.472 e. The van der Waals surface area contributed by atoms with E-state index in [1.54, 1.807) is 12.5 Å². The predicted molar refractivity (Wildman–Crippen MR) is 63.6 cm³/mol. The van der Waals surface area contributed by atoms with Crippen LogP contribution in [0, 0.1) is 5.92 Å². The molecule has 0 radical (unpaired) electrons. The van der Waals surface area contributed by atoms with Gasteiger partial charge in [-0.2, -0.15) is 5.10 Å².